The molecule has 8 heteroatoms. The Hall–Kier alpha value is -3.55. The molecule has 0 atom stereocenters. The standard InChI is InChI=1S/C25H20ClN5OS/c1-16-21(26)10-11-22-23(16)29-25(33-22)30(15-18-7-6-12-27-13-18)24(32)20-14-28-31(17(20)2)19-8-4-3-5-9-19/h3-14H,15H2,1-2H3. The summed E-state index contributed by atoms with van der Waals surface area (Å²) in [7, 11) is 0. The third-order valence-corrected chi connectivity index (χ3v) is 6.97. The maximum Gasteiger partial charge on any atom is 0.263 e. The highest BCUT2D eigenvalue weighted by Crippen LogP contribution is 2.35. The van der Waals surface area contributed by atoms with Crippen LogP contribution in [0.15, 0.2) is 73.2 Å². The Morgan fingerprint density at radius 2 is 1.88 bits per heavy atom. The van der Waals surface area contributed by atoms with Gasteiger partial charge in [0, 0.05) is 17.4 Å². The van der Waals surface area contributed by atoms with Gasteiger partial charge in [0.25, 0.3) is 5.91 Å². The van der Waals surface area contributed by atoms with Crippen molar-refractivity contribution < 1.29 is 4.79 Å². The van der Waals surface area contributed by atoms with Crippen LogP contribution in [0.5, 0.6) is 0 Å². The number of nitrogens with zero attached hydrogens (tertiary/aromatic N) is 5. The first-order valence-electron chi connectivity index (χ1n) is 10.4. The van der Waals surface area contributed by atoms with Crippen molar-refractivity contribution in [2.75, 3.05) is 4.90 Å². The molecular weight excluding hydrogens is 454 g/mol. The first-order chi connectivity index (χ1) is 16.0. The van der Waals surface area contributed by atoms with E-state index in [-0.39, 0.29) is 5.91 Å². The third kappa shape index (κ3) is 4.01. The van der Waals surface area contributed by atoms with Crippen LogP contribution in [0, 0.1) is 13.8 Å². The molecule has 0 bridgehead atoms. The van der Waals surface area contributed by atoms with Crippen molar-refractivity contribution in [3.05, 3.63) is 101 Å². The summed E-state index contributed by atoms with van der Waals surface area (Å²) < 4.78 is 2.75. The van der Waals surface area contributed by atoms with E-state index >= 15 is 0 Å². The number of aryl methyl sites for hydroxylation is 1. The summed E-state index contributed by atoms with van der Waals surface area (Å²) in [4.78, 5) is 24.5. The van der Waals surface area contributed by atoms with Crippen LogP contribution in [0.1, 0.15) is 27.2 Å². The van der Waals surface area contributed by atoms with Crippen molar-refractivity contribution in [2.45, 2.75) is 20.4 Å². The van der Waals surface area contributed by atoms with Crippen LogP contribution in [0.3, 0.4) is 0 Å². The summed E-state index contributed by atoms with van der Waals surface area (Å²) in [6, 6.07) is 17.4. The zero-order chi connectivity index (χ0) is 22.9. The zero-order valence-corrected chi connectivity index (χ0v) is 19.6. The second-order valence-electron chi connectivity index (χ2n) is 7.66. The quantitative estimate of drug-likeness (QED) is 0.314. The molecule has 1 amide bonds. The second-order valence-corrected chi connectivity index (χ2v) is 9.08. The van der Waals surface area contributed by atoms with E-state index in [2.05, 4.69) is 10.1 Å². The highest BCUT2D eigenvalue weighted by atomic mass is 35.5. The molecule has 0 aliphatic carbocycles. The van der Waals surface area contributed by atoms with Crippen LogP contribution < -0.4 is 4.90 Å². The molecule has 0 radical (unpaired) electrons. The zero-order valence-electron chi connectivity index (χ0n) is 18.1. The normalized spacial score (nSPS) is 11.1. The molecule has 6 nitrogen and oxygen atoms in total. The van der Waals surface area contributed by atoms with Gasteiger partial charge in [-0.15, -0.1) is 0 Å². The summed E-state index contributed by atoms with van der Waals surface area (Å²) in [6.07, 6.45) is 5.10. The van der Waals surface area contributed by atoms with Crippen LogP contribution in [0.4, 0.5) is 5.13 Å². The Bertz CT molecular complexity index is 1450. The van der Waals surface area contributed by atoms with Crippen LogP contribution in [-0.4, -0.2) is 25.7 Å². The molecule has 2 aromatic carbocycles. The van der Waals surface area contributed by atoms with E-state index in [1.54, 1.807) is 28.2 Å². The molecule has 5 rings (SSSR count). The minimum atomic E-state index is -0.165. The largest absolute Gasteiger partial charge is 0.279 e. The Morgan fingerprint density at radius 1 is 1.06 bits per heavy atom. The van der Waals surface area contributed by atoms with E-state index in [0.29, 0.717) is 22.3 Å². The Morgan fingerprint density at radius 3 is 2.64 bits per heavy atom. The maximum atomic E-state index is 13.8. The molecule has 5 aromatic rings. The monoisotopic (exact) mass is 473 g/mol. The molecule has 3 heterocycles. The number of fused-ring (bicyclic) bond motifs is 1. The third-order valence-electron chi connectivity index (χ3n) is 5.52. The van der Waals surface area contributed by atoms with Gasteiger partial charge >= 0.3 is 0 Å². The van der Waals surface area contributed by atoms with Crippen LogP contribution in [0.25, 0.3) is 15.9 Å². The van der Waals surface area contributed by atoms with Crippen molar-refractivity contribution in [1.82, 2.24) is 19.7 Å². The van der Waals surface area contributed by atoms with E-state index in [1.165, 1.54) is 11.3 Å². The van der Waals surface area contributed by atoms with E-state index in [9.17, 15) is 4.79 Å². The summed E-state index contributed by atoms with van der Waals surface area (Å²) in [5.74, 6) is -0.165. The number of hydrogen-bond acceptors (Lipinski definition) is 5. The second kappa shape index (κ2) is 8.77. The SMILES string of the molecule is Cc1c(Cl)ccc2sc(N(Cc3cccnc3)C(=O)c3cnn(-c4ccccc4)c3C)nc12. The molecule has 0 aliphatic rings. The molecule has 3 aromatic heterocycles. The number of rotatable bonds is 5. The van der Waals surface area contributed by atoms with Crippen LogP contribution in [0.2, 0.25) is 5.02 Å². The van der Waals surface area contributed by atoms with Gasteiger partial charge in [0.05, 0.1) is 39.9 Å². The fraction of sp³-hybridized carbons (Fsp3) is 0.120. The van der Waals surface area contributed by atoms with Crippen molar-refractivity contribution in [3.8, 4) is 5.69 Å². The van der Waals surface area contributed by atoms with Crippen molar-refractivity contribution in [3.63, 3.8) is 0 Å². The molecule has 0 saturated carbocycles. The van der Waals surface area contributed by atoms with Gasteiger partial charge in [-0.2, -0.15) is 5.10 Å². The number of aromatic nitrogens is 4. The van der Waals surface area contributed by atoms with Crippen molar-refractivity contribution in [1.29, 1.82) is 0 Å². The number of para-hydroxylation sites is 1. The van der Waals surface area contributed by atoms with E-state index in [0.717, 1.165) is 32.7 Å². The molecule has 0 fully saturated rings. The first kappa shape index (κ1) is 21.3. The molecule has 33 heavy (non-hydrogen) atoms. The summed E-state index contributed by atoms with van der Waals surface area (Å²) in [6.45, 7) is 4.18. The predicted octanol–water partition coefficient (Wildman–Crippen LogP) is 5.99. The molecular formula is C25H20ClN5OS. The minimum absolute atomic E-state index is 0.165. The smallest absolute Gasteiger partial charge is 0.263 e. The first-order valence-corrected chi connectivity index (χ1v) is 11.6. The Labute approximate surface area is 200 Å². The molecule has 164 valence electrons. The minimum Gasteiger partial charge on any atom is -0.279 e. The van der Waals surface area contributed by atoms with E-state index in [1.807, 2.05) is 68.4 Å². The topological polar surface area (TPSA) is 63.9 Å². The number of pyridine rings is 1. The average molecular weight is 474 g/mol. The van der Waals surface area contributed by atoms with Gasteiger partial charge in [-0.3, -0.25) is 14.7 Å². The van der Waals surface area contributed by atoms with Gasteiger partial charge in [-0.05, 0) is 55.3 Å². The number of anilines is 1. The number of halogens is 1. The van der Waals surface area contributed by atoms with Gasteiger partial charge in [0.1, 0.15) is 0 Å². The van der Waals surface area contributed by atoms with E-state index in [4.69, 9.17) is 16.6 Å². The highest BCUT2D eigenvalue weighted by Gasteiger charge is 2.26. The number of carbonyl (C=O) groups excluding carboxylic acids is 1. The number of thiazole rings is 1. The van der Waals surface area contributed by atoms with Crippen LogP contribution in [-0.2, 0) is 6.54 Å². The summed E-state index contributed by atoms with van der Waals surface area (Å²) in [5, 5.41) is 5.75. The summed E-state index contributed by atoms with van der Waals surface area (Å²) in [5.41, 5.74) is 4.81. The molecule has 0 saturated heterocycles. The van der Waals surface area contributed by atoms with Crippen LogP contribution >= 0.6 is 22.9 Å². The van der Waals surface area contributed by atoms with Gasteiger partial charge in [0.2, 0.25) is 0 Å². The average Bonchev–Trinajstić information content (AvgIpc) is 3.45. The molecule has 0 unspecified atom stereocenters. The molecule has 0 N–H and O–H groups in total. The lowest BCUT2D eigenvalue weighted by atomic mass is 10.2. The number of amides is 1. The van der Waals surface area contributed by atoms with Gasteiger partial charge in [0.15, 0.2) is 5.13 Å². The number of hydrogen-bond donors (Lipinski definition) is 0. The van der Waals surface area contributed by atoms with Gasteiger partial charge in [-0.25, -0.2) is 9.67 Å². The molecule has 0 spiro atoms. The highest BCUT2D eigenvalue weighted by molar-refractivity contribution is 7.22. The van der Waals surface area contributed by atoms with Crippen molar-refractivity contribution in [2.24, 2.45) is 0 Å². The number of benzene rings is 2. The lowest BCUT2D eigenvalue weighted by molar-refractivity contribution is 0.0984. The Kier molecular flexibility index (Phi) is 5.66. The molecule has 0 aliphatic heterocycles. The fourth-order valence-corrected chi connectivity index (χ4v) is 4.87. The maximum absolute atomic E-state index is 13.8. The van der Waals surface area contributed by atoms with Crippen molar-refractivity contribution >= 4 is 44.2 Å². The van der Waals surface area contributed by atoms with Gasteiger partial charge in [-0.1, -0.05) is 47.2 Å². The predicted molar refractivity (Wildman–Crippen MR) is 132 cm³/mol. The fourth-order valence-electron chi connectivity index (χ4n) is 3.70. The lowest BCUT2D eigenvalue weighted by Gasteiger charge is -2.20. The Balaban J connectivity index is 1.59. The lowest BCUT2D eigenvalue weighted by Crippen LogP contribution is -2.30. The summed E-state index contributed by atoms with van der Waals surface area (Å²) >= 11 is 7.78. The number of carbonyl (C=O) groups is 1. The van der Waals surface area contributed by atoms with Gasteiger partial charge < -0.3 is 0 Å². The van der Waals surface area contributed by atoms with E-state index < -0.39 is 0 Å².